The molecule has 0 aliphatic heterocycles. The van der Waals surface area contributed by atoms with Crippen molar-refractivity contribution in [3.8, 4) is 0 Å². The number of halogens is 7. The van der Waals surface area contributed by atoms with Gasteiger partial charge in [-0.3, -0.25) is 14.4 Å². The van der Waals surface area contributed by atoms with Gasteiger partial charge in [0, 0.05) is 18.0 Å². The van der Waals surface area contributed by atoms with E-state index in [0.717, 1.165) is 12.1 Å². The summed E-state index contributed by atoms with van der Waals surface area (Å²) in [5.41, 5.74) is -0.596. The Balaban J connectivity index is 1.51. The van der Waals surface area contributed by atoms with Crippen molar-refractivity contribution in [2.24, 2.45) is 5.92 Å². The number of carbonyl (C=O) groups excluding carboxylic acids is 3. The second-order valence-electron chi connectivity index (χ2n) is 8.77. The van der Waals surface area contributed by atoms with E-state index in [9.17, 15) is 27.6 Å². The third kappa shape index (κ3) is 6.15. The van der Waals surface area contributed by atoms with Crippen LogP contribution in [0.1, 0.15) is 28.3 Å². The van der Waals surface area contributed by atoms with Crippen LogP contribution in [0, 0.1) is 23.4 Å². The van der Waals surface area contributed by atoms with E-state index < -0.39 is 62.7 Å². The highest BCUT2D eigenvalue weighted by molar-refractivity contribution is 9.10. The average molecular weight is 676 g/mol. The van der Waals surface area contributed by atoms with E-state index in [2.05, 4.69) is 38.5 Å². The van der Waals surface area contributed by atoms with Gasteiger partial charge in [-0.2, -0.15) is 0 Å². The van der Waals surface area contributed by atoms with Crippen molar-refractivity contribution in [2.75, 3.05) is 16.0 Å². The van der Waals surface area contributed by atoms with Gasteiger partial charge in [0.15, 0.2) is 5.82 Å². The Kier molecular flexibility index (Phi) is 8.84. The molecule has 0 heterocycles. The van der Waals surface area contributed by atoms with E-state index in [1.54, 1.807) is 0 Å². The Hall–Kier alpha value is -3.05. The van der Waals surface area contributed by atoms with Gasteiger partial charge >= 0.3 is 0 Å². The van der Waals surface area contributed by atoms with E-state index in [1.165, 1.54) is 42.5 Å². The van der Waals surface area contributed by atoms with Crippen LogP contribution in [0.4, 0.5) is 30.2 Å². The van der Waals surface area contributed by atoms with Crippen LogP contribution in [-0.2, 0) is 9.59 Å². The zero-order valence-corrected chi connectivity index (χ0v) is 24.0. The number of amides is 3. The summed E-state index contributed by atoms with van der Waals surface area (Å²) in [6.07, 6.45) is 1.08. The SMILES string of the molecule is C=CCC(=O)Nc1c(F)ccc(NC(=O)c2cc(NC(=O)[C@H]3[C@H](c4ccc(F)c(Br)c4)C3(Cl)Cl)ccc2Cl)c1F. The molecule has 13 heteroatoms. The van der Waals surface area contributed by atoms with E-state index in [-0.39, 0.29) is 27.2 Å². The number of nitrogens with one attached hydrogen (secondary N) is 3. The molecule has 1 saturated carbocycles. The lowest BCUT2D eigenvalue weighted by atomic mass is 10.1. The minimum absolute atomic E-state index is 0.0259. The van der Waals surface area contributed by atoms with Crippen molar-refractivity contribution in [2.45, 2.75) is 16.7 Å². The number of hydrogen-bond donors (Lipinski definition) is 3. The van der Waals surface area contributed by atoms with Crippen molar-refractivity contribution in [1.29, 1.82) is 0 Å². The number of anilines is 3. The molecule has 0 radical (unpaired) electrons. The molecule has 3 aromatic carbocycles. The molecule has 0 bridgehead atoms. The molecule has 1 aliphatic carbocycles. The van der Waals surface area contributed by atoms with Crippen LogP contribution in [0.3, 0.4) is 0 Å². The third-order valence-electron chi connectivity index (χ3n) is 6.05. The van der Waals surface area contributed by atoms with Crippen LogP contribution in [0.2, 0.25) is 5.02 Å². The van der Waals surface area contributed by atoms with Gasteiger partial charge in [0.05, 0.1) is 26.7 Å². The molecule has 0 unspecified atom stereocenters. The summed E-state index contributed by atoms with van der Waals surface area (Å²) >= 11 is 22.0. The summed E-state index contributed by atoms with van der Waals surface area (Å²) in [6, 6.07) is 10.1. The monoisotopic (exact) mass is 673 g/mol. The van der Waals surface area contributed by atoms with Crippen molar-refractivity contribution >= 4 is 85.5 Å². The lowest BCUT2D eigenvalue weighted by Crippen LogP contribution is -2.19. The van der Waals surface area contributed by atoms with Crippen molar-refractivity contribution in [3.63, 3.8) is 0 Å². The topological polar surface area (TPSA) is 87.3 Å². The first-order valence-electron chi connectivity index (χ1n) is 11.5. The molecule has 1 aliphatic rings. The number of carbonyl (C=O) groups is 3. The van der Waals surface area contributed by atoms with Crippen LogP contribution in [0.15, 0.2) is 65.7 Å². The van der Waals surface area contributed by atoms with Crippen LogP contribution in [0.5, 0.6) is 0 Å². The molecule has 0 aromatic heterocycles. The fourth-order valence-electron chi connectivity index (χ4n) is 4.05. The second kappa shape index (κ2) is 11.8. The van der Waals surface area contributed by atoms with Gasteiger partial charge in [0.25, 0.3) is 5.91 Å². The maximum Gasteiger partial charge on any atom is 0.257 e. The summed E-state index contributed by atoms with van der Waals surface area (Å²) in [7, 11) is 0. The third-order valence-corrected chi connectivity index (χ3v) is 7.93. The summed E-state index contributed by atoms with van der Waals surface area (Å²) < 4.78 is 41.4. The second-order valence-corrected chi connectivity index (χ2v) is 11.5. The van der Waals surface area contributed by atoms with E-state index in [1.807, 2.05) is 0 Å². The van der Waals surface area contributed by atoms with Gasteiger partial charge in [-0.25, -0.2) is 13.2 Å². The lowest BCUT2D eigenvalue weighted by Gasteiger charge is -2.13. The quantitative estimate of drug-likeness (QED) is 0.168. The van der Waals surface area contributed by atoms with Crippen LogP contribution < -0.4 is 16.0 Å². The molecule has 6 nitrogen and oxygen atoms in total. The molecular weight excluding hydrogens is 658 g/mol. The summed E-state index contributed by atoms with van der Waals surface area (Å²) in [5.74, 6) is -6.38. The normalized spacial score (nSPS) is 17.1. The first-order chi connectivity index (χ1) is 18.8. The summed E-state index contributed by atoms with van der Waals surface area (Å²) in [5, 5.41) is 6.97. The fraction of sp³-hybridized carbons (Fsp3) is 0.148. The minimum Gasteiger partial charge on any atom is -0.326 e. The largest absolute Gasteiger partial charge is 0.326 e. The summed E-state index contributed by atoms with van der Waals surface area (Å²) in [6.45, 7) is 3.38. The Bertz CT molecular complexity index is 1550. The molecule has 4 rings (SSSR count). The molecule has 0 spiro atoms. The number of rotatable bonds is 8. The molecule has 1 fully saturated rings. The highest BCUT2D eigenvalue weighted by Gasteiger charge is 2.67. The van der Waals surface area contributed by atoms with Gasteiger partial charge in [-0.15, -0.1) is 29.8 Å². The zero-order chi connectivity index (χ0) is 29.4. The highest BCUT2D eigenvalue weighted by Crippen LogP contribution is 2.65. The Morgan fingerprint density at radius 3 is 2.35 bits per heavy atom. The number of alkyl halides is 2. The molecule has 3 amide bonds. The first kappa shape index (κ1) is 29.9. The van der Waals surface area contributed by atoms with Gasteiger partial charge in [-0.05, 0) is 64.0 Å². The maximum atomic E-state index is 14.9. The van der Waals surface area contributed by atoms with Crippen molar-refractivity contribution < 1.29 is 27.6 Å². The van der Waals surface area contributed by atoms with E-state index in [0.29, 0.717) is 5.56 Å². The van der Waals surface area contributed by atoms with E-state index >= 15 is 0 Å². The number of hydrogen-bond acceptors (Lipinski definition) is 3. The van der Waals surface area contributed by atoms with Crippen molar-refractivity contribution in [3.05, 3.63) is 99.3 Å². The van der Waals surface area contributed by atoms with Crippen molar-refractivity contribution in [1.82, 2.24) is 0 Å². The highest BCUT2D eigenvalue weighted by atomic mass is 79.9. The molecule has 2 atom stereocenters. The Labute approximate surface area is 250 Å². The van der Waals surface area contributed by atoms with Gasteiger partial charge < -0.3 is 16.0 Å². The standard InChI is InChI=1S/C27H18BrCl3F3N3O3/c1-2-3-20(38)37-24-18(33)8-9-19(23(24)34)36-25(39)14-11-13(5-6-16(14)29)35-26(40)22-21(27(22,30)31)12-4-7-17(32)15(28)10-12/h2,4-11,21-22H,1,3H2,(H,35,40)(H,36,39)(H,37,38)/t21-,22+/m0/s1. The predicted molar refractivity (Wildman–Crippen MR) is 153 cm³/mol. The summed E-state index contributed by atoms with van der Waals surface area (Å²) in [4.78, 5) is 37.7. The lowest BCUT2D eigenvalue weighted by molar-refractivity contribution is -0.117. The molecule has 208 valence electrons. The Morgan fingerprint density at radius 2 is 1.68 bits per heavy atom. The van der Waals surface area contributed by atoms with Gasteiger partial charge in [0.1, 0.15) is 21.7 Å². The fourth-order valence-corrected chi connectivity index (χ4v) is 5.47. The van der Waals surface area contributed by atoms with Gasteiger partial charge in [-0.1, -0.05) is 23.7 Å². The van der Waals surface area contributed by atoms with Gasteiger partial charge in [0.2, 0.25) is 11.8 Å². The first-order valence-corrected chi connectivity index (χ1v) is 13.4. The molecule has 40 heavy (non-hydrogen) atoms. The maximum absolute atomic E-state index is 14.9. The zero-order valence-electron chi connectivity index (χ0n) is 20.1. The van der Waals surface area contributed by atoms with Crippen LogP contribution in [0.25, 0.3) is 0 Å². The molecule has 3 aromatic rings. The average Bonchev–Trinajstić information content (AvgIpc) is 3.48. The minimum atomic E-state index is -1.45. The number of benzene rings is 3. The van der Waals surface area contributed by atoms with Crippen LogP contribution >= 0.6 is 50.7 Å². The molecule has 0 saturated heterocycles. The molecule has 3 N–H and O–H groups in total. The predicted octanol–water partition coefficient (Wildman–Crippen LogP) is 7.81. The Morgan fingerprint density at radius 1 is 0.975 bits per heavy atom. The van der Waals surface area contributed by atoms with Crippen LogP contribution in [-0.4, -0.2) is 22.1 Å². The molecular formula is C27H18BrCl3F3N3O3. The smallest absolute Gasteiger partial charge is 0.257 e. The van der Waals surface area contributed by atoms with E-state index in [4.69, 9.17) is 34.8 Å².